The molecule has 6 heteroatoms. The largest absolute Gasteiger partial charge is 0.372 e. The number of carbonyl (C=O) groups excluding carboxylic acids is 1. The Bertz CT molecular complexity index is 438. The molecular weight excluding hydrogens is 290 g/mol. The molecule has 0 N–H and O–H groups in total. The van der Waals surface area contributed by atoms with Gasteiger partial charge in [0.15, 0.2) is 9.84 Å². The molecule has 0 saturated carbocycles. The van der Waals surface area contributed by atoms with E-state index in [0.29, 0.717) is 32.4 Å². The second-order valence-corrected chi connectivity index (χ2v) is 8.44. The van der Waals surface area contributed by atoms with Crippen LogP contribution in [0.4, 0.5) is 0 Å². The number of hydrogen-bond donors (Lipinski definition) is 0. The van der Waals surface area contributed by atoms with E-state index in [-0.39, 0.29) is 23.9 Å². The van der Waals surface area contributed by atoms with E-state index in [1.807, 2.05) is 34.6 Å². The highest BCUT2D eigenvalue weighted by Gasteiger charge is 2.41. The van der Waals surface area contributed by atoms with Crippen molar-refractivity contribution >= 4 is 15.7 Å². The van der Waals surface area contributed by atoms with Crippen molar-refractivity contribution in [1.82, 2.24) is 4.90 Å². The first-order valence-electron chi connectivity index (χ1n) is 7.86. The van der Waals surface area contributed by atoms with Gasteiger partial charge in [0.05, 0.1) is 17.0 Å². The lowest BCUT2D eigenvalue weighted by Crippen LogP contribution is -2.51. The maximum Gasteiger partial charge on any atom is 0.237 e. The lowest BCUT2D eigenvalue weighted by atomic mass is 9.99. The number of carbonyl (C=O) groups is 1. The molecule has 124 valence electrons. The smallest absolute Gasteiger partial charge is 0.237 e. The molecule has 1 rings (SSSR count). The summed E-state index contributed by atoms with van der Waals surface area (Å²) in [7, 11) is -3.45. The molecule has 1 heterocycles. The van der Waals surface area contributed by atoms with E-state index in [9.17, 15) is 13.2 Å². The van der Waals surface area contributed by atoms with Crippen LogP contribution in [0, 0.1) is 0 Å². The van der Waals surface area contributed by atoms with Crippen LogP contribution in [0.3, 0.4) is 0 Å². The molecule has 0 bridgehead atoms. The second-order valence-electron chi connectivity index (χ2n) is 6.06. The van der Waals surface area contributed by atoms with Crippen molar-refractivity contribution in [3.05, 3.63) is 0 Å². The normalized spacial score (nSPS) is 24.1. The summed E-state index contributed by atoms with van der Waals surface area (Å²) in [4.78, 5) is 14.0. The summed E-state index contributed by atoms with van der Waals surface area (Å²) in [5.74, 6) is -0.682. The van der Waals surface area contributed by atoms with Gasteiger partial charge in [-0.2, -0.15) is 0 Å². The SMILES string of the molecule is CCC(CC)(CC)S(=O)(=O)CC(=O)N1CC(C)OC(C)C1. The van der Waals surface area contributed by atoms with Gasteiger partial charge in [-0.1, -0.05) is 20.8 Å². The Kier molecular flexibility index (Phi) is 6.23. The highest BCUT2D eigenvalue weighted by atomic mass is 32.2. The number of ether oxygens (including phenoxy) is 1. The summed E-state index contributed by atoms with van der Waals surface area (Å²) in [5, 5.41) is 0. The van der Waals surface area contributed by atoms with Gasteiger partial charge >= 0.3 is 0 Å². The van der Waals surface area contributed by atoms with Crippen LogP contribution in [0.5, 0.6) is 0 Å². The zero-order valence-electron chi connectivity index (χ0n) is 13.9. The number of hydrogen-bond acceptors (Lipinski definition) is 4. The predicted molar refractivity (Wildman–Crippen MR) is 84.0 cm³/mol. The summed E-state index contributed by atoms with van der Waals surface area (Å²) >= 11 is 0. The molecular formula is C15H29NO4S. The van der Waals surface area contributed by atoms with Crippen LogP contribution in [0.15, 0.2) is 0 Å². The Morgan fingerprint density at radius 3 is 1.90 bits per heavy atom. The molecule has 1 aliphatic heterocycles. The van der Waals surface area contributed by atoms with Crippen molar-refractivity contribution in [3.63, 3.8) is 0 Å². The highest BCUT2D eigenvalue weighted by molar-refractivity contribution is 7.93. The molecule has 2 atom stereocenters. The molecule has 1 fully saturated rings. The van der Waals surface area contributed by atoms with E-state index < -0.39 is 14.6 Å². The third-order valence-corrected chi connectivity index (χ3v) is 7.49. The van der Waals surface area contributed by atoms with Gasteiger partial charge in [-0.3, -0.25) is 4.79 Å². The minimum atomic E-state index is -3.45. The summed E-state index contributed by atoms with van der Waals surface area (Å²) in [6.07, 6.45) is 1.55. The first-order chi connectivity index (χ1) is 9.71. The Balaban J connectivity index is 2.86. The third kappa shape index (κ3) is 3.97. The van der Waals surface area contributed by atoms with E-state index in [1.165, 1.54) is 0 Å². The van der Waals surface area contributed by atoms with Crippen molar-refractivity contribution in [2.45, 2.75) is 70.8 Å². The van der Waals surface area contributed by atoms with Crippen LogP contribution in [0.1, 0.15) is 53.9 Å². The number of nitrogens with zero attached hydrogens (tertiary/aromatic N) is 1. The highest BCUT2D eigenvalue weighted by Crippen LogP contribution is 2.30. The van der Waals surface area contributed by atoms with Gasteiger partial charge in [-0.25, -0.2) is 8.42 Å². The van der Waals surface area contributed by atoms with Crippen LogP contribution in [0.2, 0.25) is 0 Å². The number of rotatable bonds is 6. The maximum absolute atomic E-state index is 12.7. The fraction of sp³-hybridized carbons (Fsp3) is 0.933. The molecule has 0 aromatic heterocycles. The van der Waals surface area contributed by atoms with E-state index in [2.05, 4.69) is 0 Å². The average molecular weight is 319 g/mol. The van der Waals surface area contributed by atoms with Gasteiger partial charge in [0.2, 0.25) is 5.91 Å². The Labute approximate surface area is 129 Å². The molecule has 0 spiro atoms. The van der Waals surface area contributed by atoms with Gasteiger partial charge in [-0.15, -0.1) is 0 Å². The molecule has 1 amide bonds. The zero-order valence-corrected chi connectivity index (χ0v) is 14.7. The topological polar surface area (TPSA) is 63.7 Å². The minimum absolute atomic E-state index is 0.0475. The summed E-state index contributed by atoms with van der Waals surface area (Å²) in [6, 6.07) is 0. The quantitative estimate of drug-likeness (QED) is 0.751. The van der Waals surface area contributed by atoms with Crippen LogP contribution < -0.4 is 0 Å². The predicted octanol–water partition coefficient (Wildman–Crippen LogP) is 2.01. The summed E-state index contributed by atoms with van der Waals surface area (Å²) in [6.45, 7) is 10.4. The van der Waals surface area contributed by atoms with Gasteiger partial charge in [0, 0.05) is 13.1 Å². The molecule has 2 unspecified atom stereocenters. The summed E-state index contributed by atoms with van der Waals surface area (Å²) in [5.41, 5.74) is 0. The van der Waals surface area contributed by atoms with E-state index in [0.717, 1.165) is 0 Å². The number of amides is 1. The van der Waals surface area contributed by atoms with E-state index in [4.69, 9.17) is 4.74 Å². The van der Waals surface area contributed by atoms with Crippen LogP contribution in [-0.2, 0) is 19.4 Å². The Morgan fingerprint density at radius 2 is 1.52 bits per heavy atom. The van der Waals surface area contributed by atoms with Crippen LogP contribution in [0.25, 0.3) is 0 Å². The molecule has 1 aliphatic rings. The molecule has 0 aromatic carbocycles. The average Bonchev–Trinajstić information content (AvgIpc) is 2.39. The number of sulfone groups is 1. The maximum atomic E-state index is 12.7. The molecule has 0 aliphatic carbocycles. The fourth-order valence-electron chi connectivity index (χ4n) is 3.20. The second kappa shape index (κ2) is 7.09. The lowest BCUT2D eigenvalue weighted by molar-refractivity contribution is -0.140. The van der Waals surface area contributed by atoms with E-state index >= 15 is 0 Å². The van der Waals surface area contributed by atoms with Crippen molar-refractivity contribution < 1.29 is 17.9 Å². The van der Waals surface area contributed by atoms with Gasteiger partial charge < -0.3 is 9.64 Å². The van der Waals surface area contributed by atoms with Crippen molar-refractivity contribution in [3.8, 4) is 0 Å². The van der Waals surface area contributed by atoms with Gasteiger partial charge in [0.1, 0.15) is 5.75 Å². The molecule has 21 heavy (non-hydrogen) atoms. The van der Waals surface area contributed by atoms with Crippen LogP contribution in [-0.4, -0.2) is 55.0 Å². The lowest BCUT2D eigenvalue weighted by Gasteiger charge is -2.36. The molecule has 5 nitrogen and oxygen atoms in total. The molecule has 0 aromatic rings. The molecule has 0 radical (unpaired) electrons. The standard InChI is InChI=1S/C15H29NO4S/c1-6-15(7-2,8-3)21(18,19)11-14(17)16-9-12(4)20-13(5)10-16/h12-13H,6-11H2,1-5H3. The fourth-order valence-corrected chi connectivity index (χ4v) is 5.33. The van der Waals surface area contributed by atoms with Gasteiger partial charge in [-0.05, 0) is 33.1 Å². The zero-order chi connectivity index (χ0) is 16.3. The Morgan fingerprint density at radius 1 is 1.10 bits per heavy atom. The Hall–Kier alpha value is -0.620. The van der Waals surface area contributed by atoms with Crippen molar-refractivity contribution in [2.24, 2.45) is 0 Å². The van der Waals surface area contributed by atoms with Crippen LogP contribution >= 0.6 is 0 Å². The van der Waals surface area contributed by atoms with Gasteiger partial charge in [0.25, 0.3) is 0 Å². The van der Waals surface area contributed by atoms with Crippen molar-refractivity contribution in [2.75, 3.05) is 18.8 Å². The first kappa shape index (κ1) is 18.4. The minimum Gasteiger partial charge on any atom is -0.372 e. The summed E-state index contributed by atoms with van der Waals surface area (Å²) < 4.78 is 30.2. The number of morpholine rings is 1. The molecule has 1 saturated heterocycles. The van der Waals surface area contributed by atoms with Crippen molar-refractivity contribution in [1.29, 1.82) is 0 Å². The van der Waals surface area contributed by atoms with E-state index in [1.54, 1.807) is 4.90 Å². The monoisotopic (exact) mass is 319 g/mol. The third-order valence-electron chi connectivity index (χ3n) is 4.68. The first-order valence-corrected chi connectivity index (χ1v) is 9.52.